The third kappa shape index (κ3) is 5.20. The first kappa shape index (κ1) is 15.3. The van der Waals surface area contributed by atoms with Crippen molar-refractivity contribution in [1.29, 1.82) is 0 Å². The van der Waals surface area contributed by atoms with Crippen LogP contribution in [0, 0.1) is 0 Å². The molecule has 1 aromatic carbocycles. The van der Waals surface area contributed by atoms with Crippen molar-refractivity contribution in [3.63, 3.8) is 0 Å². The van der Waals surface area contributed by atoms with Gasteiger partial charge in [0, 0.05) is 12.1 Å². The number of benzene rings is 1. The molecular formula is C15H23NO3. The summed E-state index contributed by atoms with van der Waals surface area (Å²) in [5.74, 6) is 0.197. The van der Waals surface area contributed by atoms with Gasteiger partial charge in [0.25, 0.3) is 5.91 Å². The maximum Gasteiger partial charge on any atom is 0.251 e. The van der Waals surface area contributed by atoms with Gasteiger partial charge in [0.1, 0.15) is 0 Å². The van der Waals surface area contributed by atoms with Crippen LogP contribution in [-0.2, 0) is 0 Å². The molecule has 0 fully saturated rings. The molecule has 1 aromatic rings. The third-order valence-electron chi connectivity index (χ3n) is 3.01. The Morgan fingerprint density at radius 1 is 1.26 bits per heavy atom. The first-order valence-corrected chi connectivity index (χ1v) is 6.84. The molecule has 1 amide bonds. The van der Waals surface area contributed by atoms with Crippen LogP contribution < -0.4 is 10.1 Å². The first-order valence-electron chi connectivity index (χ1n) is 6.84. The zero-order chi connectivity index (χ0) is 14.1. The van der Waals surface area contributed by atoms with Gasteiger partial charge >= 0.3 is 0 Å². The Morgan fingerprint density at radius 3 is 2.63 bits per heavy atom. The number of carbonyl (C=O) groups is 1. The number of methoxy groups -OCH3 is 1. The lowest BCUT2D eigenvalue weighted by Gasteiger charge is -2.07. The lowest BCUT2D eigenvalue weighted by Crippen LogP contribution is -2.24. The SMILES string of the molecule is CCCCCCCNC(=O)c1ccc(OC)c(O)c1. The Balaban J connectivity index is 2.35. The molecule has 0 aromatic heterocycles. The molecule has 106 valence electrons. The number of unbranched alkanes of at least 4 members (excludes halogenated alkanes) is 4. The maximum atomic E-state index is 11.8. The van der Waals surface area contributed by atoms with E-state index in [2.05, 4.69) is 12.2 Å². The van der Waals surface area contributed by atoms with Crippen molar-refractivity contribution < 1.29 is 14.6 Å². The van der Waals surface area contributed by atoms with E-state index in [-0.39, 0.29) is 11.7 Å². The highest BCUT2D eigenvalue weighted by Gasteiger charge is 2.08. The number of ether oxygens (including phenoxy) is 1. The standard InChI is InChI=1S/C15H23NO3/c1-3-4-5-6-7-10-16-15(18)12-8-9-14(19-2)13(17)11-12/h8-9,11,17H,3-7,10H2,1-2H3,(H,16,18). The molecule has 0 aliphatic rings. The smallest absolute Gasteiger partial charge is 0.251 e. The number of phenolic OH excluding ortho intramolecular Hbond substituents is 1. The minimum Gasteiger partial charge on any atom is -0.504 e. The van der Waals surface area contributed by atoms with Gasteiger partial charge in [-0.1, -0.05) is 32.6 Å². The van der Waals surface area contributed by atoms with Crippen molar-refractivity contribution in [2.24, 2.45) is 0 Å². The second-order valence-corrected chi connectivity index (χ2v) is 4.56. The molecule has 0 atom stereocenters. The molecule has 0 bridgehead atoms. The van der Waals surface area contributed by atoms with Gasteiger partial charge in [-0.05, 0) is 24.6 Å². The fraction of sp³-hybridized carbons (Fsp3) is 0.533. The van der Waals surface area contributed by atoms with E-state index >= 15 is 0 Å². The van der Waals surface area contributed by atoms with Crippen molar-refractivity contribution in [1.82, 2.24) is 5.32 Å². The van der Waals surface area contributed by atoms with Gasteiger partial charge in [0.2, 0.25) is 0 Å². The zero-order valence-electron chi connectivity index (χ0n) is 11.7. The van der Waals surface area contributed by atoms with E-state index in [1.54, 1.807) is 12.1 Å². The molecule has 0 heterocycles. The molecule has 0 unspecified atom stereocenters. The largest absolute Gasteiger partial charge is 0.504 e. The highest BCUT2D eigenvalue weighted by atomic mass is 16.5. The van der Waals surface area contributed by atoms with Gasteiger partial charge in [-0.25, -0.2) is 0 Å². The van der Waals surface area contributed by atoms with E-state index in [0.29, 0.717) is 17.9 Å². The number of rotatable bonds is 8. The number of aromatic hydroxyl groups is 1. The highest BCUT2D eigenvalue weighted by molar-refractivity contribution is 5.94. The summed E-state index contributed by atoms with van der Waals surface area (Å²) in [4.78, 5) is 11.8. The van der Waals surface area contributed by atoms with Crippen molar-refractivity contribution in [2.75, 3.05) is 13.7 Å². The van der Waals surface area contributed by atoms with Crippen molar-refractivity contribution in [3.8, 4) is 11.5 Å². The van der Waals surface area contributed by atoms with E-state index in [4.69, 9.17) is 4.74 Å². The Bertz CT molecular complexity index is 404. The van der Waals surface area contributed by atoms with Crippen LogP contribution >= 0.6 is 0 Å². The summed E-state index contributed by atoms with van der Waals surface area (Å²) in [5, 5.41) is 12.5. The summed E-state index contributed by atoms with van der Waals surface area (Å²) in [6, 6.07) is 4.65. The van der Waals surface area contributed by atoms with Gasteiger partial charge < -0.3 is 15.2 Å². The molecular weight excluding hydrogens is 242 g/mol. The van der Waals surface area contributed by atoms with Crippen LogP contribution in [0.15, 0.2) is 18.2 Å². The normalized spacial score (nSPS) is 10.2. The Kier molecular flexibility index (Phi) is 6.79. The lowest BCUT2D eigenvalue weighted by atomic mass is 10.1. The van der Waals surface area contributed by atoms with Crippen molar-refractivity contribution in [3.05, 3.63) is 23.8 Å². The zero-order valence-corrected chi connectivity index (χ0v) is 11.7. The number of nitrogens with one attached hydrogen (secondary N) is 1. The Morgan fingerprint density at radius 2 is 2.00 bits per heavy atom. The topological polar surface area (TPSA) is 58.6 Å². The molecule has 0 spiro atoms. The van der Waals surface area contributed by atoms with Crippen LogP contribution in [0.3, 0.4) is 0 Å². The van der Waals surface area contributed by atoms with Crippen molar-refractivity contribution >= 4 is 5.91 Å². The number of hydrogen-bond acceptors (Lipinski definition) is 3. The Labute approximate surface area is 114 Å². The lowest BCUT2D eigenvalue weighted by molar-refractivity contribution is 0.0952. The second kappa shape index (κ2) is 8.40. The summed E-state index contributed by atoms with van der Waals surface area (Å²) in [5.41, 5.74) is 0.451. The average Bonchev–Trinajstić information content (AvgIpc) is 2.42. The second-order valence-electron chi connectivity index (χ2n) is 4.56. The van der Waals surface area contributed by atoms with Gasteiger partial charge in [-0.3, -0.25) is 4.79 Å². The molecule has 2 N–H and O–H groups in total. The van der Waals surface area contributed by atoms with E-state index in [1.807, 2.05) is 0 Å². The molecule has 0 radical (unpaired) electrons. The number of phenols is 1. The molecule has 0 aliphatic carbocycles. The molecule has 19 heavy (non-hydrogen) atoms. The van der Waals surface area contributed by atoms with Crippen LogP contribution in [-0.4, -0.2) is 24.7 Å². The predicted octanol–water partition coefficient (Wildman–Crippen LogP) is 3.10. The third-order valence-corrected chi connectivity index (χ3v) is 3.01. The summed E-state index contributed by atoms with van der Waals surface area (Å²) in [6.45, 7) is 2.85. The summed E-state index contributed by atoms with van der Waals surface area (Å²) in [6.07, 6.45) is 5.82. The summed E-state index contributed by atoms with van der Waals surface area (Å²) >= 11 is 0. The van der Waals surface area contributed by atoms with Crippen LogP contribution in [0.1, 0.15) is 49.4 Å². The molecule has 4 nitrogen and oxygen atoms in total. The quantitative estimate of drug-likeness (QED) is 0.710. The fourth-order valence-electron chi connectivity index (χ4n) is 1.86. The average molecular weight is 265 g/mol. The Hall–Kier alpha value is -1.71. The van der Waals surface area contributed by atoms with Crippen LogP contribution in [0.2, 0.25) is 0 Å². The van der Waals surface area contributed by atoms with Gasteiger partial charge in [0.15, 0.2) is 11.5 Å². The van der Waals surface area contributed by atoms with Gasteiger partial charge in [0.05, 0.1) is 7.11 Å². The van der Waals surface area contributed by atoms with Crippen LogP contribution in [0.4, 0.5) is 0 Å². The van der Waals surface area contributed by atoms with E-state index in [9.17, 15) is 9.90 Å². The minimum absolute atomic E-state index is 0.0157. The highest BCUT2D eigenvalue weighted by Crippen LogP contribution is 2.26. The van der Waals surface area contributed by atoms with E-state index < -0.39 is 0 Å². The molecule has 0 aliphatic heterocycles. The number of amides is 1. The molecule has 0 saturated carbocycles. The monoisotopic (exact) mass is 265 g/mol. The summed E-state index contributed by atoms with van der Waals surface area (Å²) in [7, 11) is 1.48. The molecule has 0 saturated heterocycles. The number of hydrogen-bond donors (Lipinski definition) is 2. The minimum atomic E-state index is -0.159. The predicted molar refractivity (Wildman–Crippen MR) is 75.8 cm³/mol. The van der Waals surface area contributed by atoms with Crippen LogP contribution in [0.5, 0.6) is 11.5 Å². The molecule has 4 heteroatoms. The van der Waals surface area contributed by atoms with Gasteiger partial charge in [-0.2, -0.15) is 0 Å². The maximum absolute atomic E-state index is 11.8. The van der Waals surface area contributed by atoms with Gasteiger partial charge in [-0.15, -0.1) is 0 Å². The number of carbonyl (C=O) groups excluding carboxylic acids is 1. The first-order chi connectivity index (χ1) is 9.19. The fourth-order valence-corrected chi connectivity index (χ4v) is 1.86. The molecule has 1 rings (SSSR count). The van der Waals surface area contributed by atoms with E-state index in [0.717, 1.165) is 12.8 Å². The van der Waals surface area contributed by atoms with E-state index in [1.165, 1.54) is 32.4 Å². The van der Waals surface area contributed by atoms with Crippen molar-refractivity contribution in [2.45, 2.75) is 39.0 Å². The van der Waals surface area contributed by atoms with Crippen LogP contribution in [0.25, 0.3) is 0 Å². The summed E-state index contributed by atoms with van der Waals surface area (Å²) < 4.78 is 4.93.